The lowest BCUT2D eigenvalue weighted by Gasteiger charge is -2.63. The molecule has 2 heterocycles. The third kappa shape index (κ3) is 7.11. The molecule has 1 saturated carbocycles. The number of allylic oxidation sites excluding steroid dienone is 1. The maximum absolute atomic E-state index is 6.20. The van der Waals surface area contributed by atoms with Gasteiger partial charge < -0.3 is 5.73 Å². The molecule has 0 bridgehead atoms. The first-order valence-electron chi connectivity index (χ1n) is 14.3. The smallest absolute Gasteiger partial charge is 0.154 e. The Kier molecular flexibility index (Phi) is 11.3. The van der Waals surface area contributed by atoms with E-state index < -0.39 is 0 Å². The van der Waals surface area contributed by atoms with E-state index in [4.69, 9.17) is 5.73 Å². The van der Waals surface area contributed by atoms with Crippen LogP contribution in [0.2, 0.25) is 0 Å². The molecule has 0 unspecified atom stereocenters. The summed E-state index contributed by atoms with van der Waals surface area (Å²) in [6.45, 7) is 24.8. The van der Waals surface area contributed by atoms with Gasteiger partial charge in [0.15, 0.2) is 5.82 Å². The van der Waals surface area contributed by atoms with E-state index in [1.54, 1.807) is 6.08 Å². The van der Waals surface area contributed by atoms with Crippen LogP contribution in [0.3, 0.4) is 0 Å². The summed E-state index contributed by atoms with van der Waals surface area (Å²) in [6, 6.07) is 19.2. The van der Waals surface area contributed by atoms with Crippen molar-refractivity contribution < 1.29 is 0 Å². The van der Waals surface area contributed by atoms with E-state index in [2.05, 4.69) is 91.8 Å². The van der Waals surface area contributed by atoms with E-state index in [0.29, 0.717) is 22.7 Å². The van der Waals surface area contributed by atoms with Gasteiger partial charge >= 0.3 is 0 Å². The fourth-order valence-corrected chi connectivity index (χ4v) is 5.28. The van der Waals surface area contributed by atoms with Gasteiger partial charge in [0.05, 0.1) is 5.69 Å². The SMILES string of the molecule is C=CC.CC.CC.Cc1ccccc1-c1cc(-c2ccc(C3CC4(C3)CN(C(C)(C)C)C4)cc2)c(N)nn1. The maximum atomic E-state index is 6.20. The van der Waals surface area contributed by atoms with Gasteiger partial charge in [0, 0.05) is 29.8 Å². The summed E-state index contributed by atoms with van der Waals surface area (Å²) in [5.41, 5.74) is 13.7. The van der Waals surface area contributed by atoms with Gasteiger partial charge in [-0.2, -0.15) is 0 Å². The molecule has 1 aliphatic carbocycles. The second kappa shape index (κ2) is 13.7. The highest BCUT2D eigenvalue weighted by molar-refractivity contribution is 5.78. The van der Waals surface area contributed by atoms with Crippen LogP contribution in [0, 0.1) is 12.3 Å². The number of benzene rings is 2. The molecule has 1 aromatic heterocycles. The van der Waals surface area contributed by atoms with Crippen LogP contribution >= 0.6 is 0 Å². The van der Waals surface area contributed by atoms with Gasteiger partial charge in [-0.1, -0.05) is 82.3 Å². The topological polar surface area (TPSA) is 55.0 Å². The van der Waals surface area contributed by atoms with E-state index in [0.717, 1.165) is 22.4 Å². The van der Waals surface area contributed by atoms with E-state index in [-0.39, 0.29) is 0 Å². The van der Waals surface area contributed by atoms with Crippen LogP contribution in [0.15, 0.2) is 67.3 Å². The number of anilines is 1. The summed E-state index contributed by atoms with van der Waals surface area (Å²) in [5, 5.41) is 8.59. The van der Waals surface area contributed by atoms with Crippen molar-refractivity contribution in [2.45, 2.75) is 86.6 Å². The molecule has 2 N–H and O–H groups in total. The van der Waals surface area contributed by atoms with Crippen molar-refractivity contribution in [3.8, 4) is 22.4 Å². The number of aryl methyl sites for hydroxylation is 1. The molecule has 206 valence electrons. The summed E-state index contributed by atoms with van der Waals surface area (Å²) < 4.78 is 0. The highest BCUT2D eigenvalue weighted by atomic mass is 15.3. The predicted molar refractivity (Wildman–Crippen MR) is 166 cm³/mol. The quantitative estimate of drug-likeness (QED) is 0.354. The molecule has 2 aromatic carbocycles. The first-order valence-corrected chi connectivity index (χ1v) is 14.3. The second-order valence-corrected chi connectivity index (χ2v) is 11.0. The van der Waals surface area contributed by atoms with Gasteiger partial charge in [-0.25, -0.2) is 0 Å². The van der Waals surface area contributed by atoms with Crippen LogP contribution in [-0.4, -0.2) is 33.7 Å². The Labute approximate surface area is 232 Å². The molecule has 38 heavy (non-hydrogen) atoms. The molecule has 5 rings (SSSR count). The van der Waals surface area contributed by atoms with E-state index in [1.807, 2.05) is 46.8 Å². The largest absolute Gasteiger partial charge is 0.382 e. The molecule has 2 aliphatic rings. The lowest BCUT2D eigenvalue weighted by atomic mass is 9.55. The first-order chi connectivity index (χ1) is 18.2. The van der Waals surface area contributed by atoms with Crippen molar-refractivity contribution in [2.75, 3.05) is 18.8 Å². The Balaban J connectivity index is 0.000000665. The Morgan fingerprint density at radius 3 is 2.00 bits per heavy atom. The van der Waals surface area contributed by atoms with Crippen molar-refractivity contribution in [1.29, 1.82) is 0 Å². The fourth-order valence-electron chi connectivity index (χ4n) is 5.28. The van der Waals surface area contributed by atoms with Gasteiger partial charge in [0.2, 0.25) is 0 Å². The average molecular weight is 515 g/mol. The molecular weight excluding hydrogens is 464 g/mol. The van der Waals surface area contributed by atoms with Gasteiger partial charge in [-0.15, -0.1) is 16.8 Å². The van der Waals surface area contributed by atoms with Crippen LogP contribution < -0.4 is 5.73 Å². The third-order valence-electron chi connectivity index (χ3n) is 7.30. The summed E-state index contributed by atoms with van der Waals surface area (Å²) in [7, 11) is 0. The summed E-state index contributed by atoms with van der Waals surface area (Å²) in [4.78, 5) is 2.61. The van der Waals surface area contributed by atoms with Crippen molar-refractivity contribution in [3.63, 3.8) is 0 Å². The number of rotatable bonds is 3. The fraction of sp³-hybridized carbons (Fsp3) is 0.471. The minimum atomic E-state index is 0.299. The number of hydrogen-bond donors (Lipinski definition) is 1. The molecule has 3 aromatic rings. The Hall–Kier alpha value is -2.98. The monoisotopic (exact) mass is 514 g/mol. The Bertz CT molecular complexity index is 1140. The normalized spacial score (nSPS) is 15.8. The van der Waals surface area contributed by atoms with E-state index in [1.165, 1.54) is 37.1 Å². The molecule has 0 radical (unpaired) electrons. The van der Waals surface area contributed by atoms with Crippen LogP contribution in [0.25, 0.3) is 22.4 Å². The summed E-state index contributed by atoms with van der Waals surface area (Å²) in [5.74, 6) is 1.16. The third-order valence-corrected chi connectivity index (χ3v) is 7.30. The lowest BCUT2D eigenvalue weighted by Crippen LogP contribution is -2.66. The number of hydrogen-bond acceptors (Lipinski definition) is 4. The van der Waals surface area contributed by atoms with Gasteiger partial charge in [-0.3, -0.25) is 4.90 Å². The number of nitrogen functional groups attached to an aromatic ring is 1. The molecule has 2 fully saturated rings. The van der Waals surface area contributed by atoms with Crippen LogP contribution in [0.4, 0.5) is 5.82 Å². The zero-order valence-corrected chi connectivity index (χ0v) is 25.3. The summed E-state index contributed by atoms with van der Waals surface area (Å²) in [6.07, 6.45) is 4.38. The summed E-state index contributed by atoms with van der Waals surface area (Å²) >= 11 is 0. The van der Waals surface area contributed by atoms with Gasteiger partial charge in [0.1, 0.15) is 0 Å². The highest BCUT2D eigenvalue weighted by Crippen LogP contribution is 2.57. The molecule has 1 aliphatic heterocycles. The first kappa shape index (κ1) is 31.2. The van der Waals surface area contributed by atoms with Crippen molar-refractivity contribution in [3.05, 3.63) is 78.4 Å². The molecule has 0 amide bonds. The Morgan fingerprint density at radius 2 is 1.47 bits per heavy atom. The zero-order chi connectivity index (χ0) is 28.5. The maximum Gasteiger partial charge on any atom is 0.154 e. The highest BCUT2D eigenvalue weighted by Gasteiger charge is 2.54. The van der Waals surface area contributed by atoms with Crippen LogP contribution in [0.5, 0.6) is 0 Å². The molecule has 1 spiro atoms. The number of aromatic nitrogens is 2. The van der Waals surface area contributed by atoms with Crippen LogP contribution in [-0.2, 0) is 0 Å². The lowest BCUT2D eigenvalue weighted by molar-refractivity contribution is -0.114. The minimum absolute atomic E-state index is 0.299. The molecule has 4 heteroatoms. The molecular formula is C34H50N4. The standard InChI is InChI=1S/C27H32N4.C3H6.2C2H6/c1-18-7-5-6-8-22(18)24-13-23(25(28)30-29-24)20-11-9-19(10-12-20)21-14-27(15-21)16-31(17-27)26(2,3)4;1-3-2;2*1-2/h5-13,21H,14-17H2,1-4H3,(H2,28,30);3H,1H2,2H3;2*1-2H3. The van der Waals surface area contributed by atoms with Gasteiger partial charge in [0.25, 0.3) is 0 Å². The van der Waals surface area contributed by atoms with Gasteiger partial charge in [-0.05, 0) is 81.5 Å². The molecule has 4 nitrogen and oxygen atoms in total. The van der Waals surface area contributed by atoms with Crippen molar-refractivity contribution in [1.82, 2.24) is 15.1 Å². The molecule has 0 atom stereocenters. The van der Waals surface area contributed by atoms with Crippen molar-refractivity contribution >= 4 is 5.82 Å². The predicted octanol–water partition coefficient (Wildman–Crippen LogP) is 8.92. The molecule has 1 saturated heterocycles. The minimum Gasteiger partial charge on any atom is -0.382 e. The Morgan fingerprint density at radius 1 is 0.921 bits per heavy atom. The number of nitrogens with zero attached hydrogens (tertiary/aromatic N) is 3. The van der Waals surface area contributed by atoms with E-state index >= 15 is 0 Å². The number of likely N-dealkylation sites (tertiary alicyclic amines) is 1. The zero-order valence-electron chi connectivity index (χ0n) is 25.3. The van der Waals surface area contributed by atoms with E-state index in [9.17, 15) is 0 Å². The van der Waals surface area contributed by atoms with Crippen LogP contribution in [0.1, 0.15) is 85.3 Å². The second-order valence-electron chi connectivity index (χ2n) is 11.0. The average Bonchev–Trinajstić information content (AvgIpc) is 2.86. The van der Waals surface area contributed by atoms with Crippen molar-refractivity contribution in [2.24, 2.45) is 5.41 Å². The number of nitrogens with two attached hydrogens (primary N) is 1.